The molecule has 0 fully saturated rings. The van der Waals surface area contributed by atoms with Crippen LogP contribution < -0.4 is 10.6 Å². The van der Waals surface area contributed by atoms with E-state index in [1.807, 2.05) is 18.2 Å². The van der Waals surface area contributed by atoms with Gasteiger partial charge in [0.25, 0.3) is 5.91 Å². The summed E-state index contributed by atoms with van der Waals surface area (Å²) in [5.41, 5.74) is 2.90. The lowest BCUT2D eigenvalue weighted by Crippen LogP contribution is -2.33. The largest absolute Gasteiger partial charge is 0.356 e. The maximum absolute atomic E-state index is 13.7. The highest BCUT2D eigenvalue weighted by Crippen LogP contribution is 2.28. The molecular formula is C27H28FN5O4S. The van der Waals surface area contributed by atoms with E-state index in [4.69, 9.17) is 0 Å². The van der Waals surface area contributed by atoms with Gasteiger partial charge in [-0.15, -0.1) is 0 Å². The van der Waals surface area contributed by atoms with Gasteiger partial charge in [-0.1, -0.05) is 12.2 Å². The van der Waals surface area contributed by atoms with Gasteiger partial charge >= 0.3 is 0 Å². The van der Waals surface area contributed by atoms with Gasteiger partial charge in [0.2, 0.25) is 5.91 Å². The molecule has 0 spiro atoms. The number of hydrogen-bond acceptors (Lipinski definition) is 6. The minimum atomic E-state index is -3.56. The number of carbonyl (C=O) groups excluding carboxylic acids is 2. The van der Waals surface area contributed by atoms with Gasteiger partial charge in [-0.05, 0) is 67.3 Å². The fraction of sp³-hybridized carbons (Fsp3) is 0.259. The first-order valence-corrected chi connectivity index (χ1v) is 13.9. The van der Waals surface area contributed by atoms with Crippen molar-refractivity contribution in [1.82, 2.24) is 25.4 Å². The number of rotatable bonds is 8. The molecule has 2 aromatic heterocycles. The van der Waals surface area contributed by atoms with Crippen LogP contribution in [0.2, 0.25) is 0 Å². The minimum Gasteiger partial charge on any atom is -0.356 e. The quantitative estimate of drug-likeness (QED) is 0.454. The van der Waals surface area contributed by atoms with E-state index in [-0.39, 0.29) is 29.2 Å². The molecule has 2 amide bonds. The van der Waals surface area contributed by atoms with E-state index in [0.717, 1.165) is 6.26 Å². The molecule has 2 heterocycles. The Hall–Kier alpha value is -4.12. The Kier molecular flexibility index (Phi) is 8.16. The molecule has 38 heavy (non-hydrogen) atoms. The number of hydrogen-bond donors (Lipinski definition) is 2. The van der Waals surface area contributed by atoms with Gasteiger partial charge in [-0.25, -0.2) is 22.5 Å². The molecule has 1 aliphatic carbocycles. The summed E-state index contributed by atoms with van der Waals surface area (Å²) in [6.07, 6.45) is 11.4. The number of nitrogens with one attached hydrogen (secondary N) is 2. The van der Waals surface area contributed by atoms with Gasteiger partial charge in [-0.3, -0.25) is 9.59 Å². The van der Waals surface area contributed by atoms with Crippen molar-refractivity contribution < 1.29 is 22.4 Å². The van der Waals surface area contributed by atoms with Crippen molar-refractivity contribution in [2.45, 2.75) is 37.3 Å². The lowest BCUT2D eigenvalue weighted by molar-refractivity contribution is -0.119. The van der Waals surface area contributed by atoms with E-state index in [1.165, 1.54) is 31.3 Å². The van der Waals surface area contributed by atoms with Crippen LogP contribution in [-0.2, 0) is 19.4 Å². The first kappa shape index (κ1) is 26.9. The molecule has 11 heteroatoms. The summed E-state index contributed by atoms with van der Waals surface area (Å²) in [6, 6.07) is 8.38. The lowest BCUT2D eigenvalue weighted by atomic mass is 9.99. The van der Waals surface area contributed by atoms with Crippen LogP contribution in [0.3, 0.4) is 0 Å². The van der Waals surface area contributed by atoms with Crippen molar-refractivity contribution in [3.63, 3.8) is 0 Å². The Morgan fingerprint density at radius 1 is 1.16 bits per heavy atom. The number of benzene rings is 1. The number of allylic oxidation sites excluding steroid dienone is 2. The number of sulfone groups is 1. The average molecular weight is 538 g/mol. The van der Waals surface area contributed by atoms with Crippen LogP contribution in [0.25, 0.3) is 17.3 Å². The molecule has 0 aliphatic heterocycles. The smallest absolute Gasteiger partial charge is 0.252 e. The van der Waals surface area contributed by atoms with E-state index < -0.39 is 15.9 Å². The predicted molar refractivity (Wildman–Crippen MR) is 141 cm³/mol. The average Bonchev–Trinajstić information content (AvgIpc) is 3.25. The molecular weight excluding hydrogens is 509 g/mol. The summed E-state index contributed by atoms with van der Waals surface area (Å²) in [5.74, 6) is -0.945. The molecule has 1 aromatic carbocycles. The minimum absolute atomic E-state index is 0.105. The van der Waals surface area contributed by atoms with E-state index in [0.29, 0.717) is 47.3 Å². The summed E-state index contributed by atoms with van der Waals surface area (Å²) in [6.45, 7) is 1.67. The highest BCUT2D eigenvalue weighted by Gasteiger charge is 2.24. The van der Waals surface area contributed by atoms with Gasteiger partial charge in [0.1, 0.15) is 5.82 Å². The van der Waals surface area contributed by atoms with E-state index in [2.05, 4.69) is 20.7 Å². The highest BCUT2D eigenvalue weighted by molar-refractivity contribution is 7.90. The third-order valence-electron chi connectivity index (χ3n) is 6.02. The second-order valence-corrected chi connectivity index (χ2v) is 10.9. The van der Waals surface area contributed by atoms with E-state index >= 15 is 0 Å². The highest BCUT2D eigenvalue weighted by atomic mass is 32.2. The van der Waals surface area contributed by atoms with Crippen molar-refractivity contribution in [1.29, 1.82) is 0 Å². The van der Waals surface area contributed by atoms with Crippen LogP contribution in [0, 0.1) is 5.82 Å². The first-order chi connectivity index (χ1) is 18.1. The zero-order valence-electron chi connectivity index (χ0n) is 21.0. The van der Waals surface area contributed by atoms with Crippen molar-refractivity contribution >= 4 is 33.3 Å². The normalized spacial score (nSPS) is 14.0. The van der Waals surface area contributed by atoms with Gasteiger partial charge < -0.3 is 10.6 Å². The van der Waals surface area contributed by atoms with Crippen LogP contribution in [0.1, 0.15) is 49.0 Å². The Bertz CT molecular complexity index is 1510. The molecule has 0 bridgehead atoms. The lowest BCUT2D eigenvalue weighted by Gasteiger charge is -2.21. The summed E-state index contributed by atoms with van der Waals surface area (Å²) < 4.78 is 39.3. The summed E-state index contributed by atoms with van der Waals surface area (Å²) in [7, 11) is -3.56. The Morgan fingerprint density at radius 2 is 1.92 bits per heavy atom. The molecule has 198 valence electrons. The molecule has 3 aromatic rings. The SMILES string of the molecule is CC(=O)NCCC(NC(=O)C1=CCCC=Cc2c1cnn2-c1ccc(F)cc1)c1ccnc(S(C)(=O)=O)c1. The predicted octanol–water partition coefficient (Wildman–Crippen LogP) is 3.38. The van der Waals surface area contributed by atoms with Crippen LogP contribution >= 0.6 is 0 Å². The Labute approximate surface area is 220 Å². The Morgan fingerprint density at radius 3 is 2.63 bits per heavy atom. The van der Waals surface area contributed by atoms with Crippen molar-refractivity contribution in [2.24, 2.45) is 0 Å². The number of fused-ring (bicyclic) bond motifs is 1. The maximum Gasteiger partial charge on any atom is 0.252 e. The molecule has 1 atom stereocenters. The maximum atomic E-state index is 13.7. The molecule has 0 saturated carbocycles. The Balaban J connectivity index is 1.67. The van der Waals surface area contributed by atoms with Crippen molar-refractivity contribution in [3.8, 4) is 5.69 Å². The van der Waals surface area contributed by atoms with Crippen LogP contribution in [-0.4, -0.2) is 47.8 Å². The number of amides is 2. The molecule has 0 saturated heterocycles. The second kappa shape index (κ2) is 11.5. The van der Waals surface area contributed by atoms with E-state index in [1.54, 1.807) is 29.1 Å². The number of carbonyl (C=O) groups is 2. The summed E-state index contributed by atoms with van der Waals surface area (Å²) >= 11 is 0. The fourth-order valence-electron chi connectivity index (χ4n) is 4.15. The van der Waals surface area contributed by atoms with Crippen molar-refractivity contribution in [3.05, 3.63) is 83.6 Å². The zero-order chi connectivity index (χ0) is 27.3. The summed E-state index contributed by atoms with van der Waals surface area (Å²) in [4.78, 5) is 29.0. The standard InChI is InChI=1S/C27H28FN5O4S/c1-18(34)29-15-13-24(19-12-14-30-26(16-19)38(2,36)37)32-27(35)22-6-4-3-5-7-25-23(22)17-31-33(25)21-10-8-20(28)9-11-21/h5-12,14,16-17,24H,3-4,13,15H2,1-2H3,(H,29,34)(H,32,35). The summed E-state index contributed by atoms with van der Waals surface area (Å²) in [5, 5.41) is 10.1. The number of nitrogens with zero attached hydrogens (tertiary/aromatic N) is 3. The molecule has 1 unspecified atom stereocenters. The number of halogens is 1. The number of pyridine rings is 1. The fourth-order valence-corrected chi connectivity index (χ4v) is 4.76. The van der Waals surface area contributed by atoms with Crippen LogP contribution in [0.15, 0.2) is 66.0 Å². The molecule has 4 rings (SSSR count). The monoisotopic (exact) mass is 537 g/mol. The molecule has 0 radical (unpaired) electrons. The van der Waals surface area contributed by atoms with Crippen molar-refractivity contribution in [2.75, 3.05) is 12.8 Å². The van der Waals surface area contributed by atoms with Gasteiger partial charge in [-0.2, -0.15) is 5.10 Å². The second-order valence-electron chi connectivity index (χ2n) is 8.93. The van der Waals surface area contributed by atoms with E-state index in [9.17, 15) is 22.4 Å². The zero-order valence-corrected chi connectivity index (χ0v) is 21.8. The third-order valence-corrected chi connectivity index (χ3v) is 7.01. The van der Waals surface area contributed by atoms with Gasteiger partial charge in [0.05, 0.1) is 23.6 Å². The topological polar surface area (TPSA) is 123 Å². The van der Waals surface area contributed by atoms with Gasteiger partial charge in [0.15, 0.2) is 14.9 Å². The van der Waals surface area contributed by atoms with Crippen LogP contribution in [0.5, 0.6) is 0 Å². The van der Waals surface area contributed by atoms with Crippen LogP contribution in [0.4, 0.5) is 4.39 Å². The molecule has 2 N–H and O–H groups in total. The first-order valence-electron chi connectivity index (χ1n) is 12.1. The molecule has 9 nitrogen and oxygen atoms in total. The van der Waals surface area contributed by atoms with Gasteiger partial charge in [0, 0.05) is 37.1 Å². The third kappa shape index (κ3) is 6.41. The molecule has 1 aliphatic rings. The number of aromatic nitrogens is 3.